The van der Waals surface area contributed by atoms with Crippen molar-refractivity contribution < 1.29 is 44.1 Å². The van der Waals surface area contributed by atoms with Gasteiger partial charge in [0, 0.05) is 19.9 Å². The van der Waals surface area contributed by atoms with Crippen LogP contribution in [0.3, 0.4) is 0 Å². The lowest BCUT2D eigenvalue weighted by Gasteiger charge is -2.18. The van der Waals surface area contributed by atoms with E-state index in [0.29, 0.717) is 12.8 Å². The van der Waals surface area contributed by atoms with Crippen LogP contribution in [0, 0.1) is 0 Å². The number of carboxylic acids is 3. The molecule has 0 aromatic rings. The molecule has 13 heteroatoms. The van der Waals surface area contributed by atoms with Crippen LogP contribution in [0.4, 0.5) is 4.79 Å². The first kappa shape index (κ1) is 25.6. The quantitative estimate of drug-likeness (QED) is 0.163. The van der Waals surface area contributed by atoms with Gasteiger partial charge in [-0.1, -0.05) is 0 Å². The van der Waals surface area contributed by atoms with Gasteiger partial charge in [0.25, 0.3) is 0 Å². The maximum Gasteiger partial charge on any atom is 0.326 e. The van der Waals surface area contributed by atoms with Gasteiger partial charge in [-0.15, -0.1) is 0 Å². The summed E-state index contributed by atoms with van der Waals surface area (Å²) in [6.07, 6.45) is -0.0628. The molecule has 29 heavy (non-hydrogen) atoms. The molecule has 0 radical (unpaired) electrons. The van der Waals surface area contributed by atoms with Crippen molar-refractivity contribution in [2.75, 3.05) is 13.1 Å². The summed E-state index contributed by atoms with van der Waals surface area (Å²) in [5.74, 6) is -4.74. The molecule has 2 unspecified atom stereocenters. The van der Waals surface area contributed by atoms with E-state index in [1.54, 1.807) is 0 Å². The van der Waals surface area contributed by atoms with E-state index in [4.69, 9.17) is 15.3 Å². The molecule has 0 aliphatic heterocycles. The van der Waals surface area contributed by atoms with Crippen LogP contribution < -0.4 is 21.3 Å². The molecular weight excluding hydrogens is 392 g/mol. The van der Waals surface area contributed by atoms with Crippen LogP contribution in [0.2, 0.25) is 0 Å². The van der Waals surface area contributed by atoms with E-state index in [1.165, 1.54) is 6.92 Å². The molecule has 7 N–H and O–H groups in total. The van der Waals surface area contributed by atoms with Crippen molar-refractivity contribution in [3.63, 3.8) is 0 Å². The van der Waals surface area contributed by atoms with E-state index in [1.807, 2.05) is 5.32 Å². The van der Waals surface area contributed by atoms with Crippen LogP contribution in [0.1, 0.15) is 39.0 Å². The Morgan fingerprint density at radius 2 is 1.34 bits per heavy atom. The standard InChI is InChI=1S/C16H26N4O9/c1-9(21)18-8-12(22)17-7-3-2-4-10(14(25)26)19-16(29)20-11(15(27)28)5-6-13(23)24/h10-11H,2-8H2,1H3,(H,17,22)(H,18,21)(H,23,24)(H,25,26)(H,27,28)(H2,19,20,29). The minimum Gasteiger partial charge on any atom is -0.481 e. The highest BCUT2D eigenvalue weighted by Crippen LogP contribution is 2.02. The first-order valence-corrected chi connectivity index (χ1v) is 8.78. The molecule has 0 fully saturated rings. The van der Waals surface area contributed by atoms with E-state index in [-0.39, 0.29) is 31.8 Å². The Morgan fingerprint density at radius 3 is 1.83 bits per heavy atom. The molecule has 0 aromatic carbocycles. The number of rotatable bonds is 14. The normalized spacial score (nSPS) is 12.2. The highest BCUT2D eigenvalue weighted by molar-refractivity contribution is 5.86. The second-order valence-corrected chi connectivity index (χ2v) is 6.09. The number of hydrogen-bond acceptors (Lipinski definition) is 6. The number of hydrogen-bond donors (Lipinski definition) is 7. The Labute approximate surface area is 166 Å². The number of carboxylic acid groups (broad SMARTS) is 3. The number of aliphatic carboxylic acids is 3. The number of urea groups is 1. The summed E-state index contributed by atoms with van der Waals surface area (Å²) in [6, 6.07) is -3.81. The van der Waals surface area contributed by atoms with E-state index >= 15 is 0 Å². The van der Waals surface area contributed by atoms with Crippen molar-refractivity contribution in [1.82, 2.24) is 21.3 Å². The molecule has 4 amide bonds. The van der Waals surface area contributed by atoms with Gasteiger partial charge in [-0.05, 0) is 25.7 Å². The molecule has 0 saturated heterocycles. The van der Waals surface area contributed by atoms with Gasteiger partial charge < -0.3 is 36.6 Å². The summed E-state index contributed by atoms with van der Waals surface area (Å²) >= 11 is 0. The monoisotopic (exact) mass is 418 g/mol. The first-order chi connectivity index (χ1) is 13.5. The lowest BCUT2D eigenvalue weighted by molar-refractivity contribution is -0.141. The molecule has 0 aromatic heterocycles. The van der Waals surface area contributed by atoms with Crippen LogP contribution in [-0.4, -0.2) is 76.2 Å². The number of nitrogens with one attached hydrogen (secondary N) is 4. The van der Waals surface area contributed by atoms with Gasteiger partial charge in [0.05, 0.1) is 6.54 Å². The summed E-state index contributed by atoms with van der Waals surface area (Å²) in [4.78, 5) is 66.7. The molecular formula is C16H26N4O9. The zero-order valence-electron chi connectivity index (χ0n) is 15.9. The van der Waals surface area contributed by atoms with Crippen molar-refractivity contribution in [3.8, 4) is 0 Å². The van der Waals surface area contributed by atoms with Crippen LogP contribution in [0.25, 0.3) is 0 Å². The van der Waals surface area contributed by atoms with Crippen molar-refractivity contribution >= 4 is 35.8 Å². The number of amides is 4. The molecule has 0 aliphatic rings. The molecule has 0 bridgehead atoms. The van der Waals surface area contributed by atoms with Crippen LogP contribution >= 0.6 is 0 Å². The van der Waals surface area contributed by atoms with Crippen LogP contribution in [-0.2, 0) is 24.0 Å². The second-order valence-electron chi connectivity index (χ2n) is 6.09. The zero-order chi connectivity index (χ0) is 22.4. The van der Waals surface area contributed by atoms with Gasteiger partial charge >= 0.3 is 23.9 Å². The Morgan fingerprint density at radius 1 is 0.793 bits per heavy atom. The summed E-state index contributed by atoms with van der Waals surface area (Å²) in [5, 5.41) is 35.7. The molecule has 2 atom stereocenters. The number of unbranched alkanes of at least 4 members (excludes halogenated alkanes) is 1. The third-order valence-corrected chi connectivity index (χ3v) is 3.59. The highest BCUT2D eigenvalue weighted by Gasteiger charge is 2.24. The minimum atomic E-state index is -1.47. The van der Waals surface area contributed by atoms with Gasteiger partial charge in [-0.25, -0.2) is 14.4 Å². The Hall–Kier alpha value is -3.38. The number of carbonyl (C=O) groups excluding carboxylic acids is 3. The smallest absolute Gasteiger partial charge is 0.326 e. The van der Waals surface area contributed by atoms with Gasteiger partial charge in [-0.3, -0.25) is 14.4 Å². The third kappa shape index (κ3) is 13.4. The predicted molar refractivity (Wildman–Crippen MR) is 96.9 cm³/mol. The third-order valence-electron chi connectivity index (χ3n) is 3.59. The fraction of sp³-hybridized carbons (Fsp3) is 0.625. The summed E-state index contributed by atoms with van der Waals surface area (Å²) < 4.78 is 0. The molecule has 0 spiro atoms. The summed E-state index contributed by atoms with van der Waals surface area (Å²) in [7, 11) is 0. The summed E-state index contributed by atoms with van der Waals surface area (Å²) in [5.41, 5.74) is 0. The molecule has 0 saturated carbocycles. The fourth-order valence-electron chi connectivity index (χ4n) is 2.11. The van der Waals surface area contributed by atoms with Crippen molar-refractivity contribution in [1.29, 1.82) is 0 Å². The van der Waals surface area contributed by atoms with E-state index in [9.17, 15) is 28.8 Å². The Bertz CT molecular complexity index is 624. The second kappa shape index (κ2) is 13.7. The van der Waals surface area contributed by atoms with E-state index < -0.39 is 48.4 Å². The van der Waals surface area contributed by atoms with Gasteiger partial charge in [0.15, 0.2) is 0 Å². The van der Waals surface area contributed by atoms with E-state index in [0.717, 1.165) is 0 Å². The lowest BCUT2D eigenvalue weighted by atomic mass is 10.1. The van der Waals surface area contributed by atoms with Crippen molar-refractivity contribution in [2.45, 2.75) is 51.1 Å². The van der Waals surface area contributed by atoms with Crippen molar-refractivity contribution in [2.24, 2.45) is 0 Å². The first-order valence-electron chi connectivity index (χ1n) is 8.78. The Kier molecular flexibility index (Phi) is 12.1. The van der Waals surface area contributed by atoms with Gasteiger partial charge in [-0.2, -0.15) is 0 Å². The SMILES string of the molecule is CC(=O)NCC(=O)NCCCCC(NC(=O)NC(CCC(=O)O)C(=O)O)C(=O)O. The topological polar surface area (TPSA) is 211 Å². The van der Waals surface area contributed by atoms with Gasteiger partial charge in [0.2, 0.25) is 11.8 Å². The van der Waals surface area contributed by atoms with Crippen LogP contribution in [0.15, 0.2) is 0 Å². The lowest BCUT2D eigenvalue weighted by Crippen LogP contribution is -2.51. The maximum absolute atomic E-state index is 11.8. The maximum atomic E-state index is 11.8. The average Bonchev–Trinajstić information content (AvgIpc) is 2.61. The highest BCUT2D eigenvalue weighted by atomic mass is 16.4. The zero-order valence-corrected chi connectivity index (χ0v) is 15.9. The van der Waals surface area contributed by atoms with E-state index in [2.05, 4.69) is 16.0 Å². The number of carbonyl (C=O) groups is 6. The molecule has 0 rings (SSSR count). The average molecular weight is 418 g/mol. The molecule has 0 aliphatic carbocycles. The Balaban J connectivity index is 4.32. The van der Waals surface area contributed by atoms with Crippen LogP contribution in [0.5, 0.6) is 0 Å². The fourth-order valence-corrected chi connectivity index (χ4v) is 2.11. The molecule has 0 heterocycles. The molecule has 13 nitrogen and oxygen atoms in total. The van der Waals surface area contributed by atoms with Crippen molar-refractivity contribution in [3.05, 3.63) is 0 Å². The summed E-state index contributed by atoms with van der Waals surface area (Å²) in [6.45, 7) is 1.35. The predicted octanol–water partition coefficient (Wildman–Crippen LogP) is -1.52. The molecule has 164 valence electrons. The van der Waals surface area contributed by atoms with Gasteiger partial charge in [0.1, 0.15) is 12.1 Å². The minimum absolute atomic E-state index is 0.0250. The largest absolute Gasteiger partial charge is 0.481 e.